The predicted molar refractivity (Wildman–Crippen MR) is 53.2 cm³/mol. The van der Waals surface area contributed by atoms with Crippen LogP contribution in [-0.2, 0) is 0 Å². The Morgan fingerprint density at radius 2 is 1.92 bits per heavy atom. The fourth-order valence-corrected chi connectivity index (χ4v) is 1.95. The van der Waals surface area contributed by atoms with Gasteiger partial charge in [-0.1, -0.05) is 6.42 Å². The van der Waals surface area contributed by atoms with Gasteiger partial charge in [-0.25, -0.2) is 0 Å². The highest BCUT2D eigenvalue weighted by atomic mass is 15.1. The summed E-state index contributed by atoms with van der Waals surface area (Å²) in [5, 5.41) is 0. The van der Waals surface area contributed by atoms with Crippen LogP contribution in [0.15, 0.2) is 0 Å². The molecular weight excluding hydrogens is 148 g/mol. The average molecular weight is 170 g/mol. The maximum Gasteiger partial charge on any atom is 0.00673 e. The first-order valence-electron chi connectivity index (χ1n) is 5.28. The summed E-state index contributed by atoms with van der Waals surface area (Å²) in [6.07, 6.45) is 6.67. The van der Waals surface area contributed by atoms with Crippen molar-refractivity contribution in [3.63, 3.8) is 0 Å². The summed E-state index contributed by atoms with van der Waals surface area (Å²) in [5.41, 5.74) is 5.49. The van der Waals surface area contributed by atoms with Gasteiger partial charge in [0.15, 0.2) is 0 Å². The van der Waals surface area contributed by atoms with Crippen molar-refractivity contribution in [2.24, 2.45) is 5.73 Å². The Morgan fingerprint density at radius 3 is 2.50 bits per heavy atom. The minimum atomic E-state index is 0.758. The first kappa shape index (κ1) is 10.0. The maximum atomic E-state index is 5.49. The van der Waals surface area contributed by atoms with Crippen molar-refractivity contribution in [3.05, 3.63) is 0 Å². The summed E-state index contributed by atoms with van der Waals surface area (Å²) in [6, 6.07) is 0.758. The third kappa shape index (κ3) is 3.11. The summed E-state index contributed by atoms with van der Waals surface area (Å²) < 4.78 is 0. The molecule has 0 radical (unpaired) electrons. The molecule has 1 aliphatic heterocycles. The fraction of sp³-hybridized carbons (Fsp3) is 1.00. The summed E-state index contributed by atoms with van der Waals surface area (Å²) in [6.45, 7) is 5.80. The van der Waals surface area contributed by atoms with E-state index in [0.29, 0.717) is 0 Å². The second-order valence-electron chi connectivity index (χ2n) is 3.88. The molecule has 0 saturated carbocycles. The van der Waals surface area contributed by atoms with E-state index in [-0.39, 0.29) is 0 Å². The van der Waals surface area contributed by atoms with E-state index < -0.39 is 0 Å². The van der Waals surface area contributed by atoms with Crippen LogP contribution >= 0.6 is 0 Å². The first-order valence-corrected chi connectivity index (χ1v) is 5.28. The quantitative estimate of drug-likeness (QED) is 0.694. The molecule has 0 spiro atoms. The molecule has 0 amide bonds. The normalized spacial score (nSPS) is 22.5. The van der Waals surface area contributed by atoms with Crippen molar-refractivity contribution < 1.29 is 0 Å². The predicted octanol–water partition coefficient (Wildman–Crippen LogP) is 1.60. The average Bonchev–Trinajstić information content (AvgIpc) is 2.15. The summed E-state index contributed by atoms with van der Waals surface area (Å²) in [5.74, 6) is 0. The maximum absolute atomic E-state index is 5.49. The Bertz CT molecular complexity index is 108. The largest absolute Gasteiger partial charge is 0.330 e. The van der Waals surface area contributed by atoms with Crippen molar-refractivity contribution in [1.29, 1.82) is 0 Å². The van der Waals surface area contributed by atoms with Crippen LogP contribution in [0.1, 0.15) is 39.0 Å². The molecular formula is C10H22N2. The molecule has 1 fully saturated rings. The number of likely N-dealkylation sites (tertiary alicyclic amines) is 1. The molecule has 0 bridgehead atoms. The number of nitrogens with two attached hydrogens (primary N) is 1. The van der Waals surface area contributed by atoms with Gasteiger partial charge < -0.3 is 10.6 Å². The highest BCUT2D eigenvalue weighted by molar-refractivity contribution is 4.71. The number of nitrogens with zero attached hydrogens (tertiary/aromatic N) is 1. The number of piperidine rings is 1. The summed E-state index contributed by atoms with van der Waals surface area (Å²) >= 11 is 0. The van der Waals surface area contributed by atoms with E-state index in [0.717, 1.165) is 12.6 Å². The van der Waals surface area contributed by atoms with Crippen LogP contribution in [0, 0.1) is 0 Å². The van der Waals surface area contributed by atoms with Gasteiger partial charge in [-0.05, 0) is 52.2 Å². The van der Waals surface area contributed by atoms with Gasteiger partial charge in [0, 0.05) is 6.04 Å². The van der Waals surface area contributed by atoms with Gasteiger partial charge in [-0.3, -0.25) is 0 Å². The molecule has 2 nitrogen and oxygen atoms in total. The Kier molecular flexibility index (Phi) is 4.62. The molecule has 2 N–H and O–H groups in total. The molecule has 0 aromatic heterocycles. The van der Waals surface area contributed by atoms with Crippen LogP contribution in [-0.4, -0.2) is 30.6 Å². The topological polar surface area (TPSA) is 29.3 Å². The lowest BCUT2D eigenvalue weighted by Crippen LogP contribution is -2.37. The Balaban J connectivity index is 2.15. The van der Waals surface area contributed by atoms with Gasteiger partial charge >= 0.3 is 0 Å². The lowest BCUT2D eigenvalue weighted by molar-refractivity contribution is 0.165. The van der Waals surface area contributed by atoms with Crippen molar-refractivity contribution in [1.82, 2.24) is 4.90 Å². The third-order valence-corrected chi connectivity index (χ3v) is 2.84. The van der Waals surface area contributed by atoms with Crippen LogP contribution in [0.3, 0.4) is 0 Å². The van der Waals surface area contributed by atoms with Crippen molar-refractivity contribution in [2.45, 2.75) is 45.1 Å². The van der Waals surface area contributed by atoms with E-state index in [2.05, 4.69) is 11.8 Å². The van der Waals surface area contributed by atoms with Crippen molar-refractivity contribution >= 4 is 0 Å². The number of rotatable bonds is 4. The molecule has 1 rings (SSSR count). The molecule has 1 unspecified atom stereocenters. The molecule has 1 atom stereocenters. The van der Waals surface area contributed by atoms with E-state index in [1.165, 1.54) is 45.2 Å². The standard InChI is InChI=1S/C10H22N2/c1-10(6-5-7-11)12-8-3-2-4-9-12/h10H,2-9,11H2,1H3. The molecule has 1 aliphatic rings. The van der Waals surface area contributed by atoms with E-state index in [1.54, 1.807) is 0 Å². The van der Waals surface area contributed by atoms with Crippen LogP contribution in [0.25, 0.3) is 0 Å². The molecule has 0 aliphatic carbocycles. The van der Waals surface area contributed by atoms with Crippen LogP contribution in [0.5, 0.6) is 0 Å². The van der Waals surface area contributed by atoms with Gasteiger partial charge in [-0.2, -0.15) is 0 Å². The zero-order valence-corrected chi connectivity index (χ0v) is 8.26. The number of hydrogen-bond acceptors (Lipinski definition) is 2. The van der Waals surface area contributed by atoms with Gasteiger partial charge in [-0.15, -0.1) is 0 Å². The molecule has 1 heterocycles. The second-order valence-corrected chi connectivity index (χ2v) is 3.88. The van der Waals surface area contributed by atoms with Crippen molar-refractivity contribution in [3.8, 4) is 0 Å². The minimum Gasteiger partial charge on any atom is -0.330 e. The van der Waals surface area contributed by atoms with E-state index in [4.69, 9.17) is 5.73 Å². The van der Waals surface area contributed by atoms with Crippen LogP contribution in [0.4, 0.5) is 0 Å². The van der Waals surface area contributed by atoms with Crippen LogP contribution in [0.2, 0.25) is 0 Å². The summed E-state index contributed by atoms with van der Waals surface area (Å²) in [7, 11) is 0. The van der Waals surface area contributed by atoms with Gasteiger partial charge in [0.05, 0.1) is 0 Å². The monoisotopic (exact) mass is 170 g/mol. The van der Waals surface area contributed by atoms with Gasteiger partial charge in [0.25, 0.3) is 0 Å². The lowest BCUT2D eigenvalue weighted by Gasteiger charge is -2.32. The summed E-state index contributed by atoms with van der Waals surface area (Å²) in [4.78, 5) is 2.61. The molecule has 0 aromatic carbocycles. The van der Waals surface area contributed by atoms with Gasteiger partial charge in [0.2, 0.25) is 0 Å². The van der Waals surface area contributed by atoms with E-state index >= 15 is 0 Å². The zero-order valence-electron chi connectivity index (χ0n) is 8.26. The zero-order chi connectivity index (χ0) is 8.81. The molecule has 2 heteroatoms. The van der Waals surface area contributed by atoms with Gasteiger partial charge in [0.1, 0.15) is 0 Å². The highest BCUT2D eigenvalue weighted by Gasteiger charge is 2.15. The Morgan fingerprint density at radius 1 is 1.25 bits per heavy atom. The Labute approximate surface area is 76.1 Å². The molecule has 0 aromatic rings. The molecule has 72 valence electrons. The number of hydrogen-bond donors (Lipinski definition) is 1. The lowest BCUT2D eigenvalue weighted by atomic mass is 10.1. The smallest absolute Gasteiger partial charge is 0.00673 e. The highest BCUT2D eigenvalue weighted by Crippen LogP contribution is 2.14. The fourth-order valence-electron chi connectivity index (χ4n) is 1.95. The third-order valence-electron chi connectivity index (χ3n) is 2.84. The Hall–Kier alpha value is -0.0800. The molecule has 12 heavy (non-hydrogen) atoms. The van der Waals surface area contributed by atoms with Crippen molar-refractivity contribution in [2.75, 3.05) is 19.6 Å². The van der Waals surface area contributed by atoms with E-state index in [1.807, 2.05) is 0 Å². The second kappa shape index (κ2) is 5.55. The van der Waals surface area contributed by atoms with Crippen LogP contribution < -0.4 is 5.73 Å². The van der Waals surface area contributed by atoms with E-state index in [9.17, 15) is 0 Å². The minimum absolute atomic E-state index is 0.758. The SMILES string of the molecule is CC(CCCN)N1CCCCC1. The molecule has 1 saturated heterocycles. The first-order chi connectivity index (χ1) is 5.84.